The van der Waals surface area contributed by atoms with E-state index in [1.54, 1.807) is 19.2 Å². The highest BCUT2D eigenvalue weighted by molar-refractivity contribution is 5.97. The zero-order valence-corrected chi connectivity index (χ0v) is 12.3. The lowest BCUT2D eigenvalue weighted by Crippen LogP contribution is -2.27. The van der Waals surface area contributed by atoms with Gasteiger partial charge in [0.25, 0.3) is 5.91 Å². The monoisotopic (exact) mass is 277 g/mol. The van der Waals surface area contributed by atoms with Gasteiger partial charge in [0.15, 0.2) is 0 Å². The third-order valence-electron chi connectivity index (χ3n) is 3.11. The predicted octanol–water partition coefficient (Wildman–Crippen LogP) is 1.81. The number of benzene rings is 1. The number of nitrogens with one attached hydrogen (secondary N) is 2. The van der Waals surface area contributed by atoms with Crippen molar-refractivity contribution >= 4 is 17.5 Å². The standard InChI is InChI=1S/C15H23N3O2/c1-4-5-12(16)9-14(19)18-13-8-11(15(20)17-3)7-6-10(13)2/h6-8,12H,4-5,9,16H2,1-3H3,(H,17,20)(H,18,19). The van der Waals surface area contributed by atoms with E-state index in [0.717, 1.165) is 18.4 Å². The molecule has 1 atom stereocenters. The normalized spacial score (nSPS) is 11.8. The molecule has 1 aromatic rings. The Morgan fingerprint density at radius 1 is 1.35 bits per heavy atom. The number of amides is 2. The molecule has 2 amide bonds. The van der Waals surface area contributed by atoms with Gasteiger partial charge >= 0.3 is 0 Å². The van der Waals surface area contributed by atoms with Crippen LogP contribution in [0, 0.1) is 6.92 Å². The average Bonchev–Trinajstić information content (AvgIpc) is 2.40. The highest BCUT2D eigenvalue weighted by atomic mass is 16.2. The summed E-state index contributed by atoms with van der Waals surface area (Å²) >= 11 is 0. The van der Waals surface area contributed by atoms with Crippen LogP contribution in [0.5, 0.6) is 0 Å². The van der Waals surface area contributed by atoms with Crippen LogP contribution in [0.3, 0.4) is 0 Å². The Balaban J connectivity index is 2.76. The molecule has 0 bridgehead atoms. The van der Waals surface area contributed by atoms with Gasteiger partial charge in [0.2, 0.25) is 5.91 Å². The highest BCUT2D eigenvalue weighted by Gasteiger charge is 2.12. The molecule has 20 heavy (non-hydrogen) atoms. The number of aryl methyl sites for hydroxylation is 1. The summed E-state index contributed by atoms with van der Waals surface area (Å²) in [5.41, 5.74) is 7.94. The van der Waals surface area contributed by atoms with Crippen LogP contribution in [0.15, 0.2) is 18.2 Å². The number of carbonyl (C=O) groups is 2. The third kappa shape index (κ3) is 4.66. The topological polar surface area (TPSA) is 84.2 Å². The minimum Gasteiger partial charge on any atom is -0.355 e. The van der Waals surface area contributed by atoms with Gasteiger partial charge in [-0.25, -0.2) is 0 Å². The van der Waals surface area contributed by atoms with Gasteiger partial charge in [-0.15, -0.1) is 0 Å². The lowest BCUT2D eigenvalue weighted by atomic mass is 10.1. The molecule has 0 saturated heterocycles. The minimum absolute atomic E-state index is 0.122. The van der Waals surface area contributed by atoms with Crippen molar-refractivity contribution in [3.63, 3.8) is 0 Å². The second-order valence-corrected chi connectivity index (χ2v) is 4.91. The van der Waals surface area contributed by atoms with E-state index in [0.29, 0.717) is 11.3 Å². The molecule has 5 nitrogen and oxygen atoms in total. The molecule has 4 N–H and O–H groups in total. The first-order chi connectivity index (χ1) is 9.47. The quantitative estimate of drug-likeness (QED) is 0.741. The first-order valence-corrected chi connectivity index (χ1v) is 6.86. The molecule has 1 unspecified atom stereocenters. The number of rotatable bonds is 6. The van der Waals surface area contributed by atoms with Gasteiger partial charge in [-0.1, -0.05) is 19.4 Å². The SMILES string of the molecule is CCCC(N)CC(=O)Nc1cc(C(=O)NC)ccc1C. The molecule has 0 heterocycles. The van der Waals surface area contributed by atoms with Crippen LogP contribution < -0.4 is 16.4 Å². The largest absolute Gasteiger partial charge is 0.355 e. The van der Waals surface area contributed by atoms with E-state index in [1.807, 2.05) is 19.9 Å². The Labute approximate surface area is 119 Å². The third-order valence-corrected chi connectivity index (χ3v) is 3.11. The second kappa shape index (κ2) is 7.65. The zero-order valence-electron chi connectivity index (χ0n) is 12.3. The number of nitrogens with two attached hydrogens (primary N) is 1. The van der Waals surface area contributed by atoms with E-state index in [4.69, 9.17) is 5.73 Å². The summed E-state index contributed by atoms with van der Waals surface area (Å²) in [6.45, 7) is 3.92. The van der Waals surface area contributed by atoms with Crippen LogP contribution in [-0.2, 0) is 4.79 Å². The van der Waals surface area contributed by atoms with Crippen LogP contribution in [0.2, 0.25) is 0 Å². The van der Waals surface area contributed by atoms with E-state index in [1.165, 1.54) is 0 Å². The van der Waals surface area contributed by atoms with Gasteiger partial charge in [-0.05, 0) is 31.0 Å². The number of carbonyl (C=O) groups excluding carboxylic acids is 2. The zero-order chi connectivity index (χ0) is 15.1. The predicted molar refractivity (Wildman–Crippen MR) is 80.7 cm³/mol. The van der Waals surface area contributed by atoms with Gasteiger partial charge in [-0.3, -0.25) is 9.59 Å². The molecule has 1 rings (SSSR count). The summed E-state index contributed by atoms with van der Waals surface area (Å²) in [7, 11) is 1.57. The summed E-state index contributed by atoms with van der Waals surface area (Å²) in [5.74, 6) is -0.300. The van der Waals surface area contributed by atoms with Crippen LogP contribution in [0.25, 0.3) is 0 Å². The minimum atomic E-state index is -0.178. The molecule has 5 heteroatoms. The molecule has 0 aliphatic carbocycles. The molecule has 0 radical (unpaired) electrons. The van der Waals surface area contributed by atoms with Crippen molar-refractivity contribution in [1.29, 1.82) is 0 Å². The first kappa shape index (κ1) is 16.2. The Morgan fingerprint density at radius 2 is 2.05 bits per heavy atom. The maximum absolute atomic E-state index is 11.9. The average molecular weight is 277 g/mol. The molecule has 0 aliphatic rings. The van der Waals surface area contributed by atoms with E-state index in [-0.39, 0.29) is 24.3 Å². The Hall–Kier alpha value is -1.88. The molecular weight excluding hydrogens is 254 g/mol. The maximum atomic E-state index is 11.9. The van der Waals surface area contributed by atoms with E-state index in [2.05, 4.69) is 10.6 Å². The molecule has 1 aromatic carbocycles. The first-order valence-electron chi connectivity index (χ1n) is 6.86. The summed E-state index contributed by atoms with van der Waals surface area (Å²) < 4.78 is 0. The van der Waals surface area contributed by atoms with Gasteiger partial charge in [0.1, 0.15) is 0 Å². The molecule has 0 fully saturated rings. The van der Waals surface area contributed by atoms with E-state index in [9.17, 15) is 9.59 Å². The molecular formula is C15H23N3O2. The molecule has 0 aliphatic heterocycles. The maximum Gasteiger partial charge on any atom is 0.251 e. The molecule has 110 valence electrons. The Morgan fingerprint density at radius 3 is 2.65 bits per heavy atom. The lowest BCUT2D eigenvalue weighted by molar-refractivity contribution is -0.116. The smallest absolute Gasteiger partial charge is 0.251 e. The van der Waals surface area contributed by atoms with Crippen molar-refractivity contribution in [2.75, 3.05) is 12.4 Å². The van der Waals surface area contributed by atoms with Crippen molar-refractivity contribution in [2.45, 2.75) is 39.2 Å². The van der Waals surface area contributed by atoms with Crippen LogP contribution in [0.4, 0.5) is 5.69 Å². The van der Waals surface area contributed by atoms with Gasteiger partial charge in [0, 0.05) is 30.8 Å². The van der Waals surface area contributed by atoms with Crippen molar-refractivity contribution in [2.24, 2.45) is 5.73 Å². The van der Waals surface area contributed by atoms with E-state index >= 15 is 0 Å². The van der Waals surface area contributed by atoms with Crippen molar-refractivity contribution in [3.8, 4) is 0 Å². The summed E-state index contributed by atoms with van der Waals surface area (Å²) in [6, 6.07) is 5.10. The van der Waals surface area contributed by atoms with Crippen LogP contribution >= 0.6 is 0 Å². The fourth-order valence-corrected chi connectivity index (χ4v) is 1.95. The van der Waals surface area contributed by atoms with Crippen molar-refractivity contribution < 1.29 is 9.59 Å². The highest BCUT2D eigenvalue weighted by Crippen LogP contribution is 2.17. The fraction of sp³-hybridized carbons (Fsp3) is 0.467. The molecule has 0 spiro atoms. The summed E-state index contributed by atoms with van der Waals surface area (Å²) in [4.78, 5) is 23.5. The van der Waals surface area contributed by atoms with Gasteiger partial charge in [0.05, 0.1) is 0 Å². The van der Waals surface area contributed by atoms with Crippen LogP contribution in [-0.4, -0.2) is 24.9 Å². The fourth-order valence-electron chi connectivity index (χ4n) is 1.95. The second-order valence-electron chi connectivity index (χ2n) is 4.91. The summed E-state index contributed by atoms with van der Waals surface area (Å²) in [6.07, 6.45) is 2.07. The Bertz CT molecular complexity index is 486. The summed E-state index contributed by atoms with van der Waals surface area (Å²) in [5, 5.41) is 5.38. The number of anilines is 1. The number of hydrogen-bond donors (Lipinski definition) is 3. The van der Waals surface area contributed by atoms with Crippen LogP contribution in [0.1, 0.15) is 42.1 Å². The van der Waals surface area contributed by atoms with E-state index < -0.39 is 0 Å². The van der Waals surface area contributed by atoms with Crippen molar-refractivity contribution in [1.82, 2.24) is 5.32 Å². The molecule has 0 saturated carbocycles. The molecule has 0 aromatic heterocycles. The van der Waals surface area contributed by atoms with Gasteiger partial charge in [-0.2, -0.15) is 0 Å². The Kier molecular flexibility index (Phi) is 6.18. The van der Waals surface area contributed by atoms with Crippen molar-refractivity contribution in [3.05, 3.63) is 29.3 Å². The number of hydrogen-bond acceptors (Lipinski definition) is 3. The van der Waals surface area contributed by atoms with Gasteiger partial charge < -0.3 is 16.4 Å². The lowest BCUT2D eigenvalue weighted by Gasteiger charge is -2.13.